The Kier molecular flexibility index (Phi) is 4.50. The van der Waals surface area contributed by atoms with Crippen molar-refractivity contribution in [3.05, 3.63) is 42.0 Å². The maximum atomic E-state index is 12.5. The molecular formula is C17H21N5O. The van der Waals surface area contributed by atoms with Crippen LogP contribution in [0.2, 0.25) is 0 Å². The lowest BCUT2D eigenvalue weighted by Crippen LogP contribution is -2.41. The molecule has 2 aromatic rings. The summed E-state index contributed by atoms with van der Waals surface area (Å²) in [5.74, 6) is 0.696. The average Bonchev–Trinajstić information content (AvgIpc) is 2.55. The van der Waals surface area contributed by atoms with Gasteiger partial charge in [-0.25, -0.2) is 9.97 Å². The summed E-state index contributed by atoms with van der Waals surface area (Å²) in [4.78, 5) is 27.6. The van der Waals surface area contributed by atoms with Gasteiger partial charge in [-0.15, -0.1) is 0 Å². The lowest BCUT2D eigenvalue weighted by Gasteiger charge is -2.32. The SMILES string of the molecule is Cc1cc(C)nc(N2CCC[C@@H](C(=O)Nc3cccnc3)C2)n1. The number of nitrogens with zero attached hydrogens (tertiary/aromatic N) is 4. The van der Waals surface area contributed by atoms with Crippen LogP contribution in [0.15, 0.2) is 30.6 Å². The van der Waals surface area contributed by atoms with E-state index in [2.05, 4.69) is 25.2 Å². The average molecular weight is 311 g/mol. The van der Waals surface area contributed by atoms with Gasteiger partial charge >= 0.3 is 0 Å². The smallest absolute Gasteiger partial charge is 0.229 e. The second-order valence-corrected chi connectivity index (χ2v) is 5.97. The van der Waals surface area contributed by atoms with Gasteiger partial charge in [-0.3, -0.25) is 9.78 Å². The van der Waals surface area contributed by atoms with Crippen LogP contribution in [0.25, 0.3) is 0 Å². The van der Waals surface area contributed by atoms with Crippen LogP contribution in [0, 0.1) is 19.8 Å². The Balaban J connectivity index is 1.69. The predicted molar refractivity (Wildman–Crippen MR) is 89.3 cm³/mol. The molecule has 0 spiro atoms. The third kappa shape index (κ3) is 3.83. The van der Waals surface area contributed by atoms with E-state index in [1.165, 1.54) is 0 Å². The fraction of sp³-hybridized carbons (Fsp3) is 0.412. The molecule has 1 atom stereocenters. The molecule has 3 heterocycles. The van der Waals surface area contributed by atoms with E-state index in [-0.39, 0.29) is 11.8 Å². The highest BCUT2D eigenvalue weighted by Gasteiger charge is 2.27. The number of piperidine rings is 1. The lowest BCUT2D eigenvalue weighted by atomic mass is 9.97. The maximum absolute atomic E-state index is 12.5. The first-order valence-electron chi connectivity index (χ1n) is 7.90. The van der Waals surface area contributed by atoms with E-state index in [0.717, 1.165) is 42.4 Å². The topological polar surface area (TPSA) is 71.0 Å². The number of aryl methyl sites for hydroxylation is 2. The van der Waals surface area contributed by atoms with Gasteiger partial charge in [0.15, 0.2) is 0 Å². The van der Waals surface area contributed by atoms with Crippen LogP contribution in [-0.4, -0.2) is 33.9 Å². The predicted octanol–water partition coefficient (Wildman–Crippen LogP) is 2.34. The fourth-order valence-corrected chi connectivity index (χ4v) is 2.90. The summed E-state index contributed by atoms with van der Waals surface area (Å²) >= 11 is 0. The minimum atomic E-state index is -0.0617. The Morgan fingerprint density at radius 2 is 2.09 bits per heavy atom. The van der Waals surface area contributed by atoms with Gasteiger partial charge in [0.2, 0.25) is 11.9 Å². The largest absolute Gasteiger partial charge is 0.340 e. The van der Waals surface area contributed by atoms with E-state index in [1.54, 1.807) is 12.4 Å². The van der Waals surface area contributed by atoms with Crippen molar-refractivity contribution in [1.82, 2.24) is 15.0 Å². The van der Waals surface area contributed by atoms with Crippen molar-refractivity contribution in [3.63, 3.8) is 0 Å². The summed E-state index contributed by atoms with van der Waals surface area (Å²) in [5, 5.41) is 2.94. The number of amides is 1. The third-order valence-electron chi connectivity index (χ3n) is 3.97. The molecule has 1 fully saturated rings. The van der Waals surface area contributed by atoms with Crippen LogP contribution in [0.5, 0.6) is 0 Å². The molecule has 1 amide bonds. The van der Waals surface area contributed by atoms with Gasteiger partial charge in [0.05, 0.1) is 17.8 Å². The molecule has 6 heteroatoms. The fourth-order valence-electron chi connectivity index (χ4n) is 2.90. The first-order chi connectivity index (χ1) is 11.1. The Bertz CT molecular complexity index is 668. The molecule has 0 aromatic carbocycles. The minimum Gasteiger partial charge on any atom is -0.340 e. The normalized spacial score (nSPS) is 17.8. The number of hydrogen-bond donors (Lipinski definition) is 1. The van der Waals surface area contributed by atoms with Crippen molar-refractivity contribution in [2.75, 3.05) is 23.3 Å². The minimum absolute atomic E-state index is 0.0343. The van der Waals surface area contributed by atoms with Gasteiger partial charge in [-0.2, -0.15) is 0 Å². The Morgan fingerprint density at radius 3 is 2.78 bits per heavy atom. The number of anilines is 2. The van der Waals surface area contributed by atoms with Crippen molar-refractivity contribution >= 4 is 17.5 Å². The van der Waals surface area contributed by atoms with Crippen LogP contribution in [-0.2, 0) is 4.79 Å². The summed E-state index contributed by atoms with van der Waals surface area (Å²) in [6.45, 7) is 5.47. The van der Waals surface area contributed by atoms with Gasteiger partial charge in [-0.05, 0) is 44.9 Å². The van der Waals surface area contributed by atoms with Gasteiger partial charge in [-0.1, -0.05) is 0 Å². The molecule has 1 N–H and O–H groups in total. The van der Waals surface area contributed by atoms with E-state index in [1.807, 2.05) is 32.0 Å². The molecule has 2 aromatic heterocycles. The number of aromatic nitrogens is 3. The molecular weight excluding hydrogens is 290 g/mol. The Hall–Kier alpha value is -2.50. The van der Waals surface area contributed by atoms with Crippen molar-refractivity contribution in [1.29, 1.82) is 0 Å². The summed E-state index contributed by atoms with van der Waals surface area (Å²) < 4.78 is 0. The van der Waals surface area contributed by atoms with E-state index in [4.69, 9.17) is 0 Å². The van der Waals surface area contributed by atoms with Crippen molar-refractivity contribution in [2.45, 2.75) is 26.7 Å². The summed E-state index contributed by atoms with van der Waals surface area (Å²) in [5.41, 5.74) is 2.64. The summed E-state index contributed by atoms with van der Waals surface area (Å²) in [6.07, 6.45) is 5.19. The molecule has 0 saturated carbocycles. The molecule has 120 valence electrons. The van der Waals surface area contributed by atoms with Crippen molar-refractivity contribution < 1.29 is 4.79 Å². The van der Waals surface area contributed by atoms with E-state index < -0.39 is 0 Å². The lowest BCUT2D eigenvalue weighted by molar-refractivity contribution is -0.120. The number of carbonyl (C=O) groups is 1. The van der Waals surface area contributed by atoms with Gasteiger partial charge in [0.1, 0.15) is 0 Å². The van der Waals surface area contributed by atoms with Gasteiger partial charge in [0, 0.05) is 30.7 Å². The number of hydrogen-bond acceptors (Lipinski definition) is 5. The van der Waals surface area contributed by atoms with E-state index in [0.29, 0.717) is 6.54 Å². The van der Waals surface area contributed by atoms with Crippen molar-refractivity contribution in [2.24, 2.45) is 5.92 Å². The van der Waals surface area contributed by atoms with Gasteiger partial charge < -0.3 is 10.2 Å². The molecule has 0 unspecified atom stereocenters. The molecule has 0 radical (unpaired) electrons. The second kappa shape index (κ2) is 6.73. The molecule has 1 aliphatic rings. The van der Waals surface area contributed by atoms with Crippen LogP contribution in [0.3, 0.4) is 0 Å². The Labute approximate surface area is 136 Å². The second-order valence-electron chi connectivity index (χ2n) is 5.97. The number of pyridine rings is 1. The number of carbonyl (C=O) groups excluding carboxylic acids is 1. The highest BCUT2D eigenvalue weighted by Crippen LogP contribution is 2.22. The molecule has 6 nitrogen and oxygen atoms in total. The summed E-state index contributed by atoms with van der Waals surface area (Å²) in [7, 11) is 0. The van der Waals surface area contributed by atoms with Crippen LogP contribution in [0.1, 0.15) is 24.2 Å². The first kappa shape index (κ1) is 15.4. The molecule has 0 aliphatic carbocycles. The quantitative estimate of drug-likeness (QED) is 0.942. The van der Waals surface area contributed by atoms with Crippen LogP contribution >= 0.6 is 0 Å². The zero-order valence-electron chi connectivity index (χ0n) is 13.5. The monoisotopic (exact) mass is 311 g/mol. The highest BCUT2D eigenvalue weighted by atomic mass is 16.1. The van der Waals surface area contributed by atoms with Crippen molar-refractivity contribution in [3.8, 4) is 0 Å². The number of nitrogens with one attached hydrogen (secondary N) is 1. The van der Waals surface area contributed by atoms with Crippen LogP contribution in [0.4, 0.5) is 11.6 Å². The maximum Gasteiger partial charge on any atom is 0.229 e. The summed E-state index contributed by atoms with van der Waals surface area (Å²) in [6, 6.07) is 5.62. The third-order valence-corrected chi connectivity index (χ3v) is 3.97. The standard InChI is InChI=1S/C17H21N5O/c1-12-9-13(2)20-17(19-12)22-8-4-5-14(11-22)16(23)21-15-6-3-7-18-10-15/h3,6-7,9-10,14H,4-5,8,11H2,1-2H3,(H,21,23)/t14-/m1/s1. The van der Waals surface area contributed by atoms with E-state index >= 15 is 0 Å². The molecule has 23 heavy (non-hydrogen) atoms. The number of rotatable bonds is 3. The molecule has 3 rings (SSSR count). The molecule has 1 saturated heterocycles. The zero-order valence-corrected chi connectivity index (χ0v) is 13.5. The molecule has 0 bridgehead atoms. The van der Waals surface area contributed by atoms with Crippen LogP contribution < -0.4 is 10.2 Å². The molecule has 1 aliphatic heterocycles. The highest BCUT2D eigenvalue weighted by molar-refractivity contribution is 5.92. The van der Waals surface area contributed by atoms with Gasteiger partial charge in [0.25, 0.3) is 0 Å². The first-order valence-corrected chi connectivity index (χ1v) is 7.90. The van der Waals surface area contributed by atoms with E-state index in [9.17, 15) is 4.79 Å². The Morgan fingerprint density at radius 1 is 1.30 bits per heavy atom. The zero-order chi connectivity index (χ0) is 16.2.